The molecular formula is C29H27F3N4O4. The van der Waals surface area contributed by atoms with E-state index >= 15 is 0 Å². The third-order valence-corrected chi connectivity index (χ3v) is 6.88. The lowest BCUT2D eigenvalue weighted by Gasteiger charge is -2.37. The lowest BCUT2D eigenvalue weighted by atomic mass is 9.83. The number of hydrogen-bond acceptors (Lipinski definition) is 5. The zero-order valence-electron chi connectivity index (χ0n) is 21.9. The van der Waals surface area contributed by atoms with Crippen LogP contribution in [0.25, 0.3) is 0 Å². The lowest BCUT2D eigenvalue weighted by molar-refractivity contribution is -0.0525. The van der Waals surface area contributed by atoms with E-state index in [1.807, 2.05) is 31.2 Å². The smallest absolute Gasteiger partial charge is 0.255 e. The monoisotopic (exact) mass is 552 g/mol. The summed E-state index contributed by atoms with van der Waals surface area (Å²) >= 11 is 0. The van der Waals surface area contributed by atoms with E-state index in [4.69, 9.17) is 9.47 Å². The number of ether oxygens (including phenoxy) is 2. The van der Waals surface area contributed by atoms with Gasteiger partial charge in [-0.2, -0.15) is 5.10 Å². The Bertz CT molecular complexity index is 1610. The van der Waals surface area contributed by atoms with Crippen molar-refractivity contribution >= 4 is 5.91 Å². The van der Waals surface area contributed by atoms with Crippen molar-refractivity contribution in [1.29, 1.82) is 0 Å². The average molecular weight is 553 g/mol. The van der Waals surface area contributed by atoms with Crippen molar-refractivity contribution in [3.8, 4) is 5.75 Å². The molecule has 1 amide bonds. The van der Waals surface area contributed by atoms with Crippen molar-refractivity contribution in [2.24, 2.45) is 0 Å². The van der Waals surface area contributed by atoms with E-state index in [0.29, 0.717) is 25.5 Å². The Kier molecular flexibility index (Phi) is 7.49. The molecule has 0 unspecified atom stereocenters. The number of amides is 1. The van der Waals surface area contributed by atoms with Crippen LogP contribution in [0.15, 0.2) is 65.7 Å². The first-order chi connectivity index (χ1) is 19.2. The Morgan fingerprint density at radius 1 is 1.02 bits per heavy atom. The van der Waals surface area contributed by atoms with Gasteiger partial charge in [0.15, 0.2) is 11.6 Å². The van der Waals surface area contributed by atoms with Crippen LogP contribution < -0.4 is 15.6 Å². The Morgan fingerprint density at radius 3 is 2.38 bits per heavy atom. The fraction of sp³-hybridized carbons (Fsp3) is 0.276. The Labute approximate surface area is 228 Å². The molecule has 0 spiro atoms. The number of nitrogens with one attached hydrogen (secondary N) is 1. The zero-order chi connectivity index (χ0) is 28.4. The number of rotatable bonds is 9. The third kappa shape index (κ3) is 5.50. The molecule has 5 rings (SSSR count). The molecule has 1 fully saturated rings. The van der Waals surface area contributed by atoms with Crippen LogP contribution in [0.2, 0.25) is 0 Å². The zero-order valence-corrected chi connectivity index (χ0v) is 21.9. The number of benzene rings is 2. The van der Waals surface area contributed by atoms with E-state index in [1.54, 1.807) is 10.9 Å². The first kappa shape index (κ1) is 27.2. The van der Waals surface area contributed by atoms with Crippen LogP contribution in [0.5, 0.6) is 5.75 Å². The highest BCUT2D eigenvalue weighted by Crippen LogP contribution is 2.33. The standard InChI is InChI=1S/C29H27F3N4O4/c1-29(16-40-17-29)27-22(28(38)33-11-21-23(31)8-9-24(39-2)26(21)32)15-36(34-27)13-19-5-3-18(4-6-19)12-35-14-20(30)7-10-25(35)37/h3-10,14-15H,11-13,16-17H2,1-2H3,(H,33,38). The third-order valence-electron chi connectivity index (χ3n) is 6.88. The molecule has 2 aromatic heterocycles. The molecule has 0 atom stereocenters. The van der Waals surface area contributed by atoms with Gasteiger partial charge in [-0.15, -0.1) is 0 Å². The summed E-state index contributed by atoms with van der Waals surface area (Å²) in [7, 11) is 1.28. The number of pyridine rings is 1. The summed E-state index contributed by atoms with van der Waals surface area (Å²) in [6, 6.07) is 12.0. The number of aromatic nitrogens is 3. The minimum atomic E-state index is -0.871. The summed E-state index contributed by atoms with van der Waals surface area (Å²) in [4.78, 5) is 25.2. The summed E-state index contributed by atoms with van der Waals surface area (Å²) < 4.78 is 55.6. The van der Waals surface area contributed by atoms with Gasteiger partial charge in [0.2, 0.25) is 0 Å². The van der Waals surface area contributed by atoms with E-state index in [0.717, 1.165) is 29.5 Å². The maximum Gasteiger partial charge on any atom is 0.255 e. The number of nitrogens with zero attached hydrogens (tertiary/aromatic N) is 3. The van der Waals surface area contributed by atoms with E-state index < -0.39 is 28.8 Å². The van der Waals surface area contributed by atoms with Crippen LogP contribution in [0.3, 0.4) is 0 Å². The minimum Gasteiger partial charge on any atom is -0.494 e. The van der Waals surface area contributed by atoms with Gasteiger partial charge in [-0.25, -0.2) is 13.2 Å². The molecule has 3 heterocycles. The van der Waals surface area contributed by atoms with Crippen LogP contribution in [-0.2, 0) is 29.8 Å². The molecule has 11 heteroatoms. The molecule has 8 nitrogen and oxygen atoms in total. The Balaban J connectivity index is 1.33. The van der Waals surface area contributed by atoms with Crippen molar-refractivity contribution < 1.29 is 27.4 Å². The highest BCUT2D eigenvalue weighted by atomic mass is 19.1. The van der Waals surface area contributed by atoms with Crippen molar-refractivity contribution in [3.63, 3.8) is 0 Å². The van der Waals surface area contributed by atoms with Crippen LogP contribution in [0.1, 0.15) is 39.7 Å². The number of methoxy groups -OCH3 is 1. The van der Waals surface area contributed by atoms with Gasteiger partial charge >= 0.3 is 0 Å². The van der Waals surface area contributed by atoms with Gasteiger partial charge in [0.1, 0.15) is 11.6 Å². The van der Waals surface area contributed by atoms with E-state index in [1.165, 1.54) is 23.8 Å². The summed E-state index contributed by atoms with van der Waals surface area (Å²) in [5.74, 6) is -2.79. The highest BCUT2D eigenvalue weighted by molar-refractivity contribution is 5.95. The minimum absolute atomic E-state index is 0.118. The molecule has 1 N–H and O–H groups in total. The summed E-state index contributed by atoms with van der Waals surface area (Å²) in [6.07, 6.45) is 2.77. The Hall–Kier alpha value is -4.38. The molecule has 0 saturated carbocycles. The number of halogens is 3. The lowest BCUT2D eigenvalue weighted by Crippen LogP contribution is -2.45. The first-order valence-corrected chi connectivity index (χ1v) is 12.6. The van der Waals surface area contributed by atoms with Crippen molar-refractivity contribution in [2.45, 2.75) is 32.0 Å². The second-order valence-electron chi connectivity index (χ2n) is 10.00. The largest absolute Gasteiger partial charge is 0.494 e. The molecular weight excluding hydrogens is 525 g/mol. The second-order valence-corrected chi connectivity index (χ2v) is 10.00. The molecule has 4 aromatic rings. The van der Waals surface area contributed by atoms with Gasteiger partial charge in [-0.1, -0.05) is 24.3 Å². The first-order valence-electron chi connectivity index (χ1n) is 12.6. The second kappa shape index (κ2) is 11.0. The van der Waals surface area contributed by atoms with Gasteiger partial charge in [-0.05, 0) is 36.2 Å². The topological polar surface area (TPSA) is 87.4 Å². The predicted octanol–water partition coefficient (Wildman–Crippen LogP) is 3.79. The van der Waals surface area contributed by atoms with Crippen LogP contribution >= 0.6 is 0 Å². The summed E-state index contributed by atoms with van der Waals surface area (Å²) in [5.41, 5.74) is 1.43. The van der Waals surface area contributed by atoms with Crippen molar-refractivity contribution in [1.82, 2.24) is 19.7 Å². The maximum atomic E-state index is 14.6. The Morgan fingerprint density at radius 2 is 1.73 bits per heavy atom. The van der Waals surface area contributed by atoms with E-state index in [-0.39, 0.29) is 35.5 Å². The van der Waals surface area contributed by atoms with Crippen LogP contribution in [0.4, 0.5) is 13.2 Å². The van der Waals surface area contributed by atoms with Gasteiger partial charge in [-0.3, -0.25) is 14.3 Å². The molecule has 0 radical (unpaired) electrons. The van der Waals surface area contributed by atoms with Crippen molar-refractivity contribution in [3.05, 3.63) is 117 Å². The molecule has 40 heavy (non-hydrogen) atoms. The fourth-order valence-corrected chi connectivity index (χ4v) is 4.58. The van der Waals surface area contributed by atoms with Gasteiger partial charge in [0.25, 0.3) is 11.5 Å². The van der Waals surface area contributed by atoms with Crippen LogP contribution in [-0.4, -0.2) is 40.6 Å². The van der Waals surface area contributed by atoms with Crippen molar-refractivity contribution in [2.75, 3.05) is 20.3 Å². The normalized spacial score (nSPS) is 14.0. The fourth-order valence-electron chi connectivity index (χ4n) is 4.58. The van der Waals surface area contributed by atoms with Gasteiger partial charge in [0, 0.05) is 30.6 Å². The number of hydrogen-bond donors (Lipinski definition) is 1. The molecule has 208 valence electrons. The molecule has 1 aliphatic rings. The number of carbonyl (C=O) groups is 1. The highest BCUT2D eigenvalue weighted by Gasteiger charge is 2.41. The summed E-state index contributed by atoms with van der Waals surface area (Å²) in [5, 5.41) is 7.27. The molecule has 2 aromatic carbocycles. The van der Waals surface area contributed by atoms with Gasteiger partial charge < -0.3 is 19.4 Å². The van der Waals surface area contributed by atoms with E-state index in [2.05, 4.69) is 10.4 Å². The van der Waals surface area contributed by atoms with Gasteiger partial charge in [0.05, 0.1) is 50.1 Å². The maximum absolute atomic E-state index is 14.6. The molecule has 0 aliphatic carbocycles. The summed E-state index contributed by atoms with van der Waals surface area (Å²) in [6.45, 7) is 2.90. The van der Waals surface area contributed by atoms with E-state index in [9.17, 15) is 22.8 Å². The number of carbonyl (C=O) groups excluding carboxylic acids is 1. The predicted molar refractivity (Wildman–Crippen MR) is 140 cm³/mol. The molecule has 1 aliphatic heterocycles. The molecule has 1 saturated heterocycles. The SMILES string of the molecule is COc1ccc(F)c(CNC(=O)c2cn(Cc3ccc(Cn4cc(F)ccc4=O)cc3)nc2C2(C)COC2)c1F. The average Bonchev–Trinajstić information content (AvgIpc) is 3.34. The van der Waals surface area contributed by atoms with Crippen LogP contribution in [0, 0.1) is 17.5 Å². The quantitative estimate of drug-likeness (QED) is 0.342. The molecule has 0 bridgehead atoms.